The van der Waals surface area contributed by atoms with E-state index in [2.05, 4.69) is 0 Å². The van der Waals surface area contributed by atoms with Crippen LogP contribution in [0.15, 0.2) is 12.2 Å². The molecular formula is C15H24O5. The number of cyclic esters (lactones) is 1. The van der Waals surface area contributed by atoms with Crippen molar-refractivity contribution in [2.24, 2.45) is 0 Å². The van der Waals surface area contributed by atoms with Crippen molar-refractivity contribution in [3.63, 3.8) is 0 Å². The van der Waals surface area contributed by atoms with Crippen LogP contribution in [-0.4, -0.2) is 41.3 Å². The Hall–Kier alpha value is -0.910. The van der Waals surface area contributed by atoms with Crippen LogP contribution in [0.3, 0.4) is 0 Å². The third-order valence-corrected chi connectivity index (χ3v) is 3.55. The monoisotopic (exact) mass is 284 g/mol. The molecule has 0 aromatic carbocycles. The lowest BCUT2D eigenvalue weighted by Gasteiger charge is -2.26. The van der Waals surface area contributed by atoms with Crippen LogP contribution in [0.4, 0.5) is 0 Å². The van der Waals surface area contributed by atoms with Gasteiger partial charge in [0.15, 0.2) is 5.79 Å². The maximum Gasteiger partial charge on any atom is 0.306 e. The predicted octanol–water partition coefficient (Wildman–Crippen LogP) is 1.93. The van der Waals surface area contributed by atoms with Gasteiger partial charge in [-0.2, -0.15) is 0 Å². The van der Waals surface area contributed by atoms with E-state index in [1.54, 1.807) is 6.08 Å². The van der Waals surface area contributed by atoms with Gasteiger partial charge in [0.05, 0.1) is 6.10 Å². The summed E-state index contributed by atoms with van der Waals surface area (Å²) in [6.45, 7) is 5.73. The fourth-order valence-corrected chi connectivity index (χ4v) is 2.66. The Morgan fingerprint density at radius 1 is 1.35 bits per heavy atom. The molecule has 0 aromatic heterocycles. The molecule has 5 heteroatoms. The van der Waals surface area contributed by atoms with Crippen molar-refractivity contribution < 1.29 is 24.1 Å². The molecule has 0 amide bonds. The van der Waals surface area contributed by atoms with Gasteiger partial charge in [0.25, 0.3) is 0 Å². The molecule has 0 aliphatic carbocycles. The number of carbonyl (C=O) groups is 1. The minimum absolute atomic E-state index is 0.216. The van der Waals surface area contributed by atoms with Gasteiger partial charge in [-0.15, -0.1) is 0 Å². The molecule has 1 saturated heterocycles. The number of ether oxygens (including phenoxy) is 3. The fourth-order valence-electron chi connectivity index (χ4n) is 2.66. The summed E-state index contributed by atoms with van der Waals surface area (Å²) in [6, 6.07) is 0. The van der Waals surface area contributed by atoms with E-state index in [4.69, 9.17) is 14.2 Å². The van der Waals surface area contributed by atoms with Gasteiger partial charge in [0, 0.05) is 6.42 Å². The third-order valence-electron chi connectivity index (χ3n) is 3.55. The number of esters is 1. The SMILES string of the molecule is CCC[C@H]1OC(=O)CC[C@@H](O)/C=C/[C@@H]2OC(C)(C)O[C@@H]21. The summed E-state index contributed by atoms with van der Waals surface area (Å²) in [5.41, 5.74) is 0. The van der Waals surface area contributed by atoms with Gasteiger partial charge in [0.2, 0.25) is 0 Å². The number of aliphatic hydroxyl groups excluding tert-OH is 1. The highest BCUT2D eigenvalue weighted by molar-refractivity contribution is 5.69. The number of hydrogen-bond acceptors (Lipinski definition) is 5. The molecule has 4 atom stereocenters. The Morgan fingerprint density at radius 3 is 2.80 bits per heavy atom. The molecule has 0 aromatic rings. The maximum atomic E-state index is 11.8. The summed E-state index contributed by atoms with van der Waals surface area (Å²) in [7, 11) is 0. The number of rotatable bonds is 2. The lowest BCUT2D eigenvalue weighted by atomic mass is 10.0. The molecule has 0 spiro atoms. The molecule has 0 radical (unpaired) electrons. The molecule has 114 valence electrons. The maximum absolute atomic E-state index is 11.8. The minimum Gasteiger partial charge on any atom is -0.459 e. The smallest absolute Gasteiger partial charge is 0.306 e. The second kappa shape index (κ2) is 6.24. The second-order valence-electron chi connectivity index (χ2n) is 5.87. The first-order valence-electron chi connectivity index (χ1n) is 7.33. The van der Waals surface area contributed by atoms with Crippen LogP contribution >= 0.6 is 0 Å². The van der Waals surface area contributed by atoms with E-state index in [1.807, 2.05) is 26.8 Å². The molecule has 1 fully saturated rings. The van der Waals surface area contributed by atoms with Crippen LogP contribution < -0.4 is 0 Å². The van der Waals surface area contributed by atoms with Crippen LogP contribution in [0.5, 0.6) is 0 Å². The lowest BCUT2D eigenvalue weighted by molar-refractivity contribution is -0.171. The van der Waals surface area contributed by atoms with E-state index in [0.717, 1.165) is 12.8 Å². The minimum atomic E-state index is -0.711. The quantitative estimate of drug-likeness (QED) is 0.620. The van der Waals surface area contributed by atoms with Gasteiger partial charge in [-0.25, -0.2) is 0 Å². The zero-order valence-corrected chi connectivity index (χ0v) is 12.4. The van der Waals surface area contributed by atoms with E-state index >= 15 is 0 Å². The van der Waals surface area contributed by atoms with E-state index in [0.29, 0.717) is 6.42 Å². The highest BCUT2D eigenvalue weighted by atomic mass is 16.8. The third kappa shape index (κ3) is 3.81. The van der Waals surface area contributed by atoms with Gasteiger partial charge in [-0.1, -0.05) is 25.5 Å². The molecule has 2 rings (SSSR count). The summed E-state index contributed by atoms with van der Waals surface area (Å²) >= 11 is 0. The van der Waals surface area contributed by atoms with Gasteiger partial charge in [0.1, 0.15) is 18.3 Å². The van der Waals surface area contributed by atoms with Crippen molar-refractivity contribution in [2.45, 2.75) is 76.7 Å². The first-order chi connectivity index (χ1) is 9.41. The van der Waals surface area contributed by atoms with E-state index in [1.165, 1.54) is 0 Å². The molecule has 5 nitrogen and oxygen atoms in total. The summed E-state index contributed by atoms with van der Waals surface area (Å²) in [5, 5.41) is 9.78. The molecule has 2 aliphatic rings. The van der Waals surface area contributed by atoms with Crippen LogP contribution in [0, 0.1) is 0 Å². The molecule has 0 bridgehead atoms. The van der Waals surface area contributed by atoms with Crippen LogP contribution in [0.2, 0.25) is 0 Å². The number of fused-ring (bicyclic) bond motifs is 1. The Morgan fingerprint density at radius 2 is 2.10 bits per heavy atom. The summed E-state index contributed by atoms with van der Waals surface area (Å²) in [6.07, 6.45) is 4.15. The van der Waals surface area contributed by atoms with Crippen molar-refractivity contribution in [3.8, 4) is 0 Å². The van der Waals surface area contributed by atoms with Crippen molar-refractivity contribution in [3.05, 3.63) is 12.2 Å². The molecule has 2 heterocycles. The molecule has 1 N–H and O–H groups in total. The van der Waals surface area contributed by atoms with Gasteiger partial charge >= 0.3 is 5.97 Å². The van der Waals surface area contributed by atoms with Crippen molar-refractivity contribution in [1.29, 1.82) is 0 Å². The molecule has 2 aliphatic heterocycles. The lowest BCUT2D eigenvalue weighted by Crippen LogP contribution is -2.38. The van der Waals surface area contributed by atoms with E-state index < -0.39 is 11.9 Å². The van der Waals surface area contributed by atoms with Crippen LogP contribution in [0.1, 0.15) is 46.5 Å². The Labute approximate surface area is 119 Å². The Kier molecular flexibility index (Phi) is 4.83. The van der Waals surface area contributed by atoms with Gasteiger partial charge in [-0.3, -0.25) is 4.79 Å². The molecule has 0 saturated carbocycles. The number of hydrogen-bond donors (Lipinski definition) is 1. The van der Waals surface area contributed by atoms with Gasteiger partial charge < -0.3 is 19.3 Å². The van der Waals surface area contributed by atoms with Crippen LogP contribution in [0.25, 0.3) is 0 Å². The highest BCUT2D eigenvalue weighted by Gasteiger charge is 2.45. The number of aliphatic hydroxyl groups is 1. The molecule has 20 heavy (non-hydrogen) atoms. The van der Waals surface area contributed by atoms with Crippen molar-refractivity contribution >= 4 is 5.97 Å². The van der Waals surface area contributed by atoms with Crippen molar-refractivity contribution in [1.82, 2.24) is 0 Å². The average Bonchev–Trinajstić information content (AvgIpc) is 2.68. The largest absolute Gasteiger partial charge is 0.459 e. The Balaban J connectivity index is 2.23. The predicted molar refractivity (Wildman–Crippen MR) is 73.0 cm³/mol. The summed E-state index contributed by atoms with van der Waals surface area (Å²) in [4.78, 5) is 11.8. The van der Waals surface area contributed by atoms with Gasteiger partial charge in [-0.05, 0) is 26.7 Å². The Bertz CT molecular complexity index is 376. The standard InChI is InChI=1S/C15H24O5/c1-4-5-11-14-12(19-15(2,3)20-14)8-6-10(16)7-9-13(17)18-11/h6,8,10-12,14,16H,4-5,7,9H2,1-3H3/b8-6+/t10-,11+,12-,14+/m0/s1. The first-order valence-corrected chi connectivity index (χ1v) is 7.33. The van der Waals surface area contributed by atoms with E-state index in [9.17, 15) is 9.90 Å². The zero-order chi connectivity index (χ0) is 14.8. The molecule has 0 unspecified atom stereocenters. The van der Waals surface area contributed by atoms with E-state index in [-0.39, 0.29) is 30.7 Å². The zero-order valence-electron chi connectivity index (χ0n) is 12.4. The summed E-state index contributed by atoms with van der Waals surface area (Å²) in [5.74, 6) is -0.998. The average molecular weight is 284 g/mol. The molecular weight excluding hydrogens is 260 g/mol. The first kappa shape index (κ1) is 15.5. The topological polar surface area (TPSA) is 65.0 Å². The number of carbonyl (C=O) groups excluding carboxylic acids is 1. The second-order valence-corrected chi connectivity index (χ2v) is 5.87. The van der Waals surface area contributed by atoms with Crippen LogP contribution in [-0.2, 0) is 19.0 Å². The fraction of sp³-hybridized carbons (Fsp3) is 0.800. The summed E-state index contributed by atoms with van der Waals surface area (Å²) < 4.78 is 17.3. The highest BCUT2D eigenvalue weighted by Crippen LogP contribution is 2.33. The normalized spacial score (nSPS) is 38.9. The van der Waals surface area contributed by atoms with Crippen molar-refractivity contribution in [2.75, 3.05) is 0 Å².